The van der Waals surface area contributed by atoms with Crippen LogP contribution in [-0.2, 0) is 19.5 Å². The Morgan fingerprint density at radius 1 is 1.12 bits per heavy atom. The van der Waals surface area contributed by atoms with Crippen molar-refractivity contribution in [3.8, 4) is 0 Å². The molecular formula is C17H20N6O2. The molecule has 1 saturated carbocycles. The van der Waals surface area contributed by atoms with Crippen LogP contribution in [0.15, 0.2) is 23.3 Å². The summed E-state index contributed by atoms with van der Waals surface area (Å²) in [6.45, 7) is 1.25. The predicted molar refractivity (Wildman–Crippen MR) is 87.9 cm³/mol. The Morgan fingerprint density at radius 3 is 2.64 bits per heavy atom. The van der Waals surface area contributed by atoms with Crippen molar-refractivity contribution in [3.63, 3.8) is 0 Å². The van der Waals surface area contributed by atoms with E-state index in [-0.39, 0.29) is 29.5 Å². The zero-order chi connectivity index (χ0) is 17.0. The molecule has 0 radical (unpaired) electrons. The van der Waals surface area contributed by atoms with Crippen molar-refractivity contribution >= 4 is 5.91 Å². The molecule has 0 N–H and O–H groups in total. The first-order valence-corrected chi connectivity index (χ1v) is 8.97. The molecule has 2 aromatic rings. The highest BCUT2D eigenvalue weighted by molar-refractivity contribution is 5.91. The van der Waals surface area contributed by atoms with Crippen LogP contribution in [0.5, 0.6) is 0 Å². The number of aromatic nitrogens is 5. The van der Waals surface area contributed by atoms with Gasteiger partial charge in [0.15, 0.2) is 0 Å². The van der Waals surface area contributed by atoms with Gasteiger partial charge in [0, 0.05) is 37.9 Å². The third-order valence-electron chi connectivity index (χ3n) is 5.55. The van der Waals surface area contributed by atoms with E-state index in [1.165, 1.54) is 12.8 Å². The van der Waals surface area contributed by atoms with Gasteiger partial charge in [-0.05, 0) is 37.7 Å². The quantitative estimate of drug-likeness (QED) is 0.811. The summed E-state index contributed by atoms with van der Waals surface area (Å²) in [6, 6.07) is 1.78. The summed E-state index contributed by atoms with van der Waals surface area (Å²) >= 11 is 0. The van der Waals surface area contributed by atoms with E-state index >= 15 is 0 Å². The minimum absolute atomic E-state index is 0.0128. The molecule has 2 atom stereocenters. The van der Waals surface area contributed by atoms with E-state index in [9.17, 15) is 9.59 Å². The van der Waals surface area contributed by atoms with Crippen LogP contribution in [0.1, 0.15) is 42.1 Å². The van der Waals surface area contributed by atoms with Crippen molar-refractivity contribution in [1.29, 1.82) is 0 Å². The molecule has 8 heteroatoms. The number of amides is 1. The smallest absolute Gasteiger partial charge is 0.328 e. The summed E-state index contributed by atoms with van der Waals surface area (Å²) in [5.74, 6) is 1.51. The van der Waals surface area contributed by atoms with E-state index in [1.54, 1.807) is 27.7 Å². The maximum absolute atomic E-state index is 12.9. The molecule has 4 heterocycles. The molecule has 1 amide bonds. The van der Waals surface area contributed by atoms with Gasteiger partial charge in [-0.1, -0.05) is 0 Å². The molecule has 8 nitrogen and oxygen atoms in total. The first-order valence-electron chi connectivity index (χ1n) is 8.97. The lowest BCUT2D eigenvalue weighted by atomic mass is 10.1. The molecule has 2 aromatic heterocycles. The Labute approximate surface area is 144 Å². The highest BCUT2D eigenvalue weighted by atomic mass is 16.2. The van der Waals surface area contributed by atoms with Crippen molar-refractivity contribution in [3.05, 3.63) is 40.6 Å². The molecule has 2 unspecified atom stereocenters. The molecular weight excluding hydrogens is 320 g/mol. The van der Waals surface area contributed by atoms with Gasteiger partial charge in [0.25, 0.3) is 5.91 Å². The maximum atomic E-state index is 12.9. The Balaban J connectivity index is 1.45. The summed E-state index contributed by atoms with van der Waals surface area (Å²) in [6.07, 6.45) is 8.03. The molecule has 130 valence electrons. The fourth-order valence-electron chi connectivity index (χ4n) is 4.10. The maximum Gasteiger partial charge on any atom is 0.345 e. The van der Waals surface area contributed by atoms with Crippen LogP contribution in [0.4, 0.5) is 0 Å². The van der Waals surface area contributed by atoms with Crippen LogP contribution in [0.25, 0.3) is 0 Å². The molecule has 0 aromatic carbocycles. The number of carbonyl (C=O) groups excluding carboxylic acids is 1. The average molecular weight is 340 g/mol. The average Bonchev–Trinajstić information content (AvgIpc) is 3.32. The number of carbonyl (C=O) groups is 1. The van der Waals surface area contributed by atoms with Crippen LogP contribution in [0.2, 0.25) is 0 Å². The monoisotopic (exact) mass is 340 g/mol. The Morgan fingerprint density at radius 2 is 1.88 bits per heavy atom. The molecule has 25 heavy (non-hydrogen) atoms. The van der Waals surface area contributed by atoms with Gasteiger partial charge in [0.05, 0.1) is 6.04 Å². The van der Waals surface area contributed by atoms with Crippen molar-refractivity contribution in [2.45, 2.75) is 57.3 Å². The third-order valence-corrected chi connectivity index (χ3v) is 5.55. The van der Waals surface area contributed by atoms with Crippen molar-refractivity contribution in [2.75, 3.05) is 0 Å². The number of nitrogens with zero attached hydrogens (tertiary/aromatic N) is 6. The first-order chi connectivity index (χ1) is 12.2. The van der Waals surface area contributed by atoms with E-state index < -0.39 is 0 Å². The molecule has 2 aliphatic heterocycles. The minimum atomic E-state index is -0.142. The molecule has 1 aliphatic carbocycles. The molecule has 2 fully saturated rings. The number of rotatable bonds is 3. The normalized spacial score (nSPS) is 24.9. The Bertz CT molecular complexity index is 869. The van der Waals surface area contributed by atoms with E-state index in [4.69, 9.17) is 0 Å². The fraction of sp³-hybridized carbons (Fsp3) is 0.588. The molecule has 3 aliphatic rings. The minimum Gasteiger partial charge on any atom is -0.328 e. The second-order valence-corrected chi connectivity index (χ2v) is 7.31. The lowest BCUT2D eigenvalue weighted by Crippen LogP contribution is -2.43. The van der Waals surface area contributed by atoms with Gasteiger partial charge in [0.1, 0.15) is 5.82 Å². The first kappa shape index (κ1) is 14.8. The zero-order valence-electron chi connectivity index (χ0n) is 13.9. The highest BCUT2D eigenvalue weighted by Crippen LogP contribution is 2.32. The van der Waals surface area contributed by atoms with Gasteiger partial charge in [-0.2, -0.15) is 5.10 Å². The largest absolute Gasteiger partial charge is 0.345 e. The SMILES string of the molecule is O=C(c1ncccn1)N1C2CCC1Cn1c(nn(CC3CC3)c1=O)C2. The summed E-state index contributed by atoms with van der Waals surface area (Å²) < 4.78 is 3.41. The molecule has 5 rings (SSSR count). The fourth-order valence-corrected chi connectivity index (χ4v) is 4.10. The van der Waals surface area contributed by atoms with Gasteiger partial charge >= 0.3 is 5.69 Å². The van der Waals surface area contributed by atoms with Crippen molar-refractivity contribution < 1.29 is 4.79 Å². The van der Waals surface area contributed by atoms with Gasteiger partial charge in [-0.25, -0.2) is 19.4 Å². The third kappa shape index (κ3) is 2.47. The predicted octanol–water partition coefficient (Wildman–Crippen LogP) is 0.474. The van der Waals surface area contributed by atoms with Crippen LogP contribution in [0, 0.1) is 5.92 Å². The molecule has 2 bridgehead atoms. The summed E-state index contributed by atoms with van der Waals surface area (Å²) in [5.41, 5.74) is -0.0298. The number of hydrogen-bond acceptors (Lipinski definition) is 5. The van der Waals surface area contributed by atoms with Crippen LogP contribution < -0.4 is 5.69 Å². The Kier molecular flexibility index (Phi) is 3.26. The highest BCUT2D eigenvalue weighted by Gasteiger charge is 2.42. The summed E-state index contributed by atoms with van der Waals surface area (Å²) in [7, 11) is 0. The number of hydrogen-bond donors (Lipinski definition) is 0. The second kappa shape index (κ2) is 5.50. The van der Waals surface area contributed by atoms with Gasteiger partial charge in [-0.3, -0.25) is 9.36 Å². The van der Waals surface area contributed by atoms with Crippen LogP contribution in [0.3, 0.4) is 0 Å². The van der Waals surface area contributed by atoms with Gasteiger partial charge in [0.2, 0.25) is 5.82 Å². The van der Waals surface area contributed by atoms with Crippen LogP contribution >= 0.6 is 0 Å². The van der Waals surface area contributed by atoms with E-state index in [1.807, 2.05) is 4.90 Å². The summed E-state index contributed by atoms with van der Waals surface area (Å²) in [5, 5.41) is 4.57. The van der Waals surface area contributed by atoms with E-state index in [0.717, 1.165) is 25.2 Å². The van der Waals surface area contributed by atoms with E-state index in [2.05, 4.69) is 15.1 Å². The molecule has 1 saturated heterocycles. The molecule has 0 spiro atoms. The van der Waals surface area contributed by atoms with Gasteiger partial charge < -0.3 is 4.90 Å². The standard InChI is InChI=1S/C17H20N6O2/c24-16(15-18-6-1-7-19-15)23-12-4-5-13(23)10-21-14(8-12)20-22(17(21)25)9-11-2-3-11/h1,6-7,11-13H,2-5,8-10H2. The van der Waals surface area contributed by atoms with Crippen molar-refractivity contribution in [2.24, 2.45) is 5.92 Å². The lowest BCUT2D eigenvalue weighted by Gasteiger charge is -2.27. The second-order valence-electron chi connectivity index (χ2n) is 7.31. The zero-order valence-corrected chi connectivity index (χ0v) is 13.9. The lowest BCUT2D eigenvalue weighted by molar-refractivity contribution is 0.0652. The summed E-state index contributed by atoms with van der Waals surface area (Å²) in [4.78, 5) is 35.6. The topological polar surface area (TPSA) is 85.9 Å². The van der Waals surface area contributed by atoms with Crippen molar-refractivity contribution in [1.82, 2.24) is 29.2 Å². The number of fused-ring (bicyclic) bond motifs is 3. The van der Waals surface area contributed by atoms with Crippen LogP contribution in [-0.4, -0.2) is 47.2 Å². The van der Waals surface area contributed by atoms with Gasteiger partial charge in [-0.15, -0.1) is 0 Å². The van der Waals surface area contributed by atoms with E-state index in [0.29, 0.717) is 18.9 Å². The Hall–Kier alpha value is -2.51.